The third-order valence-electron chi connectivity index (χ3n) is 2.47. The molecular formula is C14H14N2O2S. The molecule has 5 heteroatoms. The number of hydrogen-bond acceptors (Lipinski definition) is 3. The van der Waals surface area contributed by atoms with Gasteiger partial charge in [-0.2, -0.15) is 4.99 Å². The maximum absolute atomic E-state index is 11.2. The summed E-state index contributed by atoms with van der Waals surface area (Å²) in [6, 6.07) is 5.77. The Labute approximate surface area is 115 Å². The van der Waals surface area contributed by atoms with E-state index in [0.717, 1.165) is 16.0 Å². The van der Waals surface area contributed by atoms with Gasteiger partial charge in [0.15, 0.2) is 4.80 Å². The highest BCUT2D eigenvalue weighted by Gasteiger charge is 2.07. The fourth-order valence-electron chi connectivity index (χ4n) is 1.77. The summed E-state index contributed by atoms with van der Waals surface area (Å²) in [7, 11) is 0. The van der Waals surface area contributed by atoms with E-state index in [1.54, 1.807) is 0 Å². The van der Waals surface area contributed by atoms with Crippen LogP contribution in [-0.2, 0) is 11.3 Å². The first-order valence-corrected chi connectivity index (χ1v) is 6.72. The molecular weight excluding hydrogens is 260 g/mol. The molecule has 0 saturated heterocycles. The second-order valence-corrected chi connectivity index (χ2v) is 4.88. The van der Waals surface area contributed by atoms with Gasteiger partial charge in [-0.3, -0.25) is 4.79 Å². The molecule has 98 valence electrons. The third-order valence-corrected chi connectivity index (χ3v) is 3.51. The van der Waals surface area contributed by atoms with Gasteiger partial charge >= 0.3 is 0 Å². The number of carbonyl (C=O) groups is 1. The van der Waals surface area contributed by atoms with E-state index in [1.807, 2.05) is 29.7 Å². The van der Waals surface area contributed by atoms with Crippen LogP contribution in [0.5, 0.6) is 5.75 Å². The van der Waals surface area contributed by atoms with Gasteiger partial charge in [-0.1, -0.05) is 17.3 Å². The summed E-state index contributed by atoms with van der Waals surface area (Å²) < 4.78 is 8.32. The normalized spacial score (nSPS) is 11.5. The Hall–Kier alpha value is -2.06. The highest BCUT2D eigenvalue weighted by atomic mass is 32.1. The van der Waals surface area contributed by atoms with E-state index < -0.39 is 0 Å². The number of thiazole rings is 1. The minimum absolute atomic E-state index is 0.234. The summed E-state index contributed by atoms with van der Waals surface area (Å²) in [5.41, 5.74) is 0.964. The Morgan fingerprint density at radius 3 is 3.00 bits per heavy atom. The molecule has 1 heterocycles. The molecule has 0 bridgehead atoms. The Morgan fingerprint density at radius 2 is 2.37 bits per heavy atom. The molecule has 1 aromatic carbocycles. The van der Waals surface area contributed by atoms with Crippen molar-refractivity contribution in [3.63, 3.8) is 0 Å². The van der Waals surface area contributed by atoms with Crippen molar-refractivity contribution in [3.8, 4) is 18.1 Å². The van der Waals surface area contributed by atoms with Gasteiger partial charge in [0.05, 0.1) is 23.4 Å². The van der Waals surface area contributed by atoms with E-state index in [-0.39, 0.29) is 5.91 Å². The van der Waals surface area contributed by atoms with E-state index in [0.29, 0.717) is 18.0 Å². The summed E-state index contributed by atoms with van der Waals surface area (Å²) in [4.78, 5) is 15.8. The van der Waals surface area contributed by atoms with Crippen molar-refractivity contribution in [1.29, 1.82) is 0 Å². The smallest absolute Gasteiger partial charge is 0.245 e. The van der Waals surface area contributed by atoms with Crippen molar-refractivity contribution in [1.82, 2.24) is 4.57 Å². The van der Waals surface area contributed by atoms with Gasteiger partial charge in [0, 0.05) is 6.92 Å². The van der Waals surface area contributed by atoms with Crippen LogP contribution in [0.4, 0.5) is 0 Å². The molecule has 0 aliphatic rings. The molecule has 0 radical (unpaired) electrons. The predicted octanol–water partition coefficient (Wildman–Crippen LogP) is 2.18. The monoisotopic (exact) mass is 274 g/mol. The Morgan fingerprint density at radius 1 is 1.58 bits per heavy atom. The lowest BCUT2D eigenvalue weighted by Gasteiger charge is -2.03. The van der Waals surface area contributed by atoms with Gasteiger partial charge in [0.2, 0.25) is 5.91 Å². The van der Waals surface area contributed by atoms with Crippen molar-refractivity contribution in [2.45, 2.75) is 20.4 Å². The average molecular weight is 274 g/mol. The molecule has 0 spiro atoms. The van der Waals surface area contributed by atoms with Crippen LogP contribution in [-0.4, -0.2) is 17.1 Å². The minimum atomic E-state index is -0.234. The van der Waals surface area contributed by atoms with Crippen molar-refractivity contribution in [3.05, 3.63) is 23.0 Å². The maximum Gasteiger partial charge on any atom is 0.245 e. The standard InChI is InChI=1S/C14H14N2O2S/c1-4-8-16-12-7-6-11(18-5-2)9-13(12)19-14(16)15-10(3)17/h1,6-7,9H,5,8H2,2-3H3. The summed E-state index contributed by atoms with van der Waals surface area (Å²) >= 11 is 1.43. The first-order chi connectivity index (χ1) is 9.15. The number of fused-ring (bicyclic) bond motifs is 1. The number of amides is 1. The summed E-state index contributed by atoms with van der Waals surface area (Å²) in [5.74, 6) is 3.15. The summed E-state index contributed by atoms with van der Waals surface area (Å²) in [6.45, 7) is 4.37. The highest BCUT2D eigenvalue weighted by Crippen LogP contribution is 2.23. The van der Waals surface area contributed by atoms with Crippen molar-refractivity contribution >= 4 is 27.5 Å². The molecule has 19 heavy (non-hydrogen) atoms. The second-order valence-electron chi connectivity index (χ2n) is 3.87. The number of carbonyl (C=O) groups excluding carboxylic acids is 1. The van der Waals surface area contributed by atoms with E-state index >= 15 is 0 Å². The van der Waals surface area contributed by atoms with E-state index in [9.17, 15) is 4.79 Å². The fraction of sp³-hybridized carbons (Fsp3) is 0.286. The molecule has 2 aromatic rings. The maximum atomic E-state index is 11.2. The van der Waals surface area contributed by atoms with E-state index in [4.69, 9.17) is 11.2 Å². The Balaban J connectivity index is 2.66. The van der Waals surface area contributed by atoms with Gasteiger partial charge in [0.25, 0.3) is 0 Å². The SMILES string of the molecule is C#CCn1c(=NC(C)=O)sc2cc(OCC)ccc21. The third kappa shape index (κ3) is 2.85. The number of nitrogens with zero attached hydrogens (tertiary/aromatic N) is 2. The van der Waals surface area contributed by atoms with Crippen molar-refractivity contribution in [2.75, 3.05) is 6.61 Å². The van der Waals surface area contributed by atoms with Crippen LogP contribution in [0.15, 0.2) is 23.2 Å². The summed E-state index contributed by atoms with van der Waals surface area (Å²) in [5, 5.41) is 0. The average Bonchev–Trinajstić information content (AvgIpc) is 2.67. The van der Waals surface area contributed by atoms with Gasteiger partial charge in [-0.25, -0.2) is 0 Å². The number of terminal acetylenes is 1. The zero-order chi connectivity index (χ0) is 13.8. The Bertz CT molecular complexity index is 719. The zero-order valence-corrected chi connectivity index (χ0v) is 11.7. The number of benzene rings is 1. The van der Waals surface area contributed by atoms with Crippen molar-refractivity contribution < 1.29 is 9.53 Å². The number of hydrogen-bond donors (Lipinski definition) is 0. The second kappa shape index (κ2) is 5.72. The summed E-state index contributed by atoms with van der Waals surface area (Å²) in [6.07, 6.45) is 5.37. The van der Waals surface area contributed by atoms with Crippen LogP contribution in [0.25, 0.3) is 10.2 Å². The molecule has 2 rings (SSSR count). The van der Waals surface area contributed by atoms with E-state index in [2.05, 4.69) is 10.9 Å². The van der Waals surface area contributed by atoms with Crippen molar-refractivity contribution in [2.24, 2.45) is 4.99 Å². The lowest BCUT2D eigenvalue weighted by atomic mass is 10.3. The first kappa shape index (κ1) is 13.4. The molecule has 0 aliphatic heterocycles. The van der Waals surface area contributed by atoms with Crippen LogP contribution < -0.4 is 9.54 Å². The van der Waals surface area contributed by atoms with Gasteiger partial charge in [-0.15, -0.1) is 6.42 Å². The molecule has 0 aliphatic carbocycles. The highest BCUT2D eigenvalue weighted by molar-refractivity contribution is 7.16. The predicted molar refractivity (Wildman–Crippen MR) is 76.1 cm³/mol. The molecule has 0 N–H and O–H groups in total. The first-order valence-electron chi connectivity index (χ1n) is 5.90. The van der Waals surface area contributed by atoms with Gasteiger partial charge in [0.1, 0.15) is 5.75 Å². The lowest BCUT2D eigenvalue weighted by Crippen LogP contribution is -2.15. The number of ether oxygens (including phenoxy) is 1. The largest absolute Gasteiger partial charge is 0.494 e. The van der Waals surface area contributed by atoms with Crippen LogP contribution in [0, 0.1) is 12.3 Å². The Kier molecular flexibility index (Phi) is 4.03. The zero-order valence-electron chi connectivity index (χ0n) is 10.8. The van der Waals surface area contributed by atoms with Crippen LogP contribution in [0.1, 0.15) is 13.8 Å². The molecule has 0 fully saturated rings. The van der Waals surface area contributed by atoms with Gasteiger partial charge in [-0.05, 0) is 25.1 Å². The number of rotatable bonds is 3. The topological polar surface area (TPSA) is 43.6 Å². The van der Waals surface area contributed by atoms with E-state index in [1.165, 1.54) is 18.3 Å². The molecule has 1 aromatic heterocycles. The van der Waals surface area contributed by atoms with Gasteiger partial charge < -0.3 is 9.30 Å². The molecule has 4 nitrogen and oxygen atoms in total. The van der Waals surface area contributed by atoms with Crippen LogP contribution in [0.2, 0.25) is 0 Å². The van der Waals surface area contributed by atoms with Crippen LogP contribution in [0.3, 0.4) is 0 Å². The lowest BCUT2D eigenvalue weighted by molar-refractivity contribution is -0.116. The molecule has 0 atom stereocenters. The quantitative estimate of drug-likeness (QED) is 0.805. The minimum Gasteiger partial charge on any atom is -0.494 e. The van der Waals surface area contributed by atoms with Crippen LogP contribution >= 0.6 is 11.3 Å². The molecule has 0 unspecified atom stereocenters. The number of aromatic nitrogens is 1. The fourth-order valence-corrected chi connectivity index (χ4v) is 2.88. The molecule has 1 amide bonds. The molecule has 0 saturated carbocycles.